The number of anilines is 1. The summed E-state index contributed by atoms with van der Waals surface area (Å²) in [7, 11) is 0. The van der Waals surface area contributed by atoms with Crippen LogP contribution in [0, 0.1) is 19.7 Å². The SMILES string of the molecule is Cc1cccc(N2CCN([C@H](c3ccc(F)cc3)c3nnnn3C[C@@H]3CCCO3)CC2)c1C. The number of benzene rings is 2. The molecule has 0 amide bonds. The van der Waals surface area contributed by atoms with Gasteiger partial charge < -0.3 is 9.64 Å². The third-order valence-corrected chi connectivity index (χ3v) is 6.99. The first kappa shape index (κ1) is 22.0. The Balaban J connectivity index is 1.40. The molecule has 5 rings (SSSR count). The third kappa shape index (κ3) is 4.63. The van der Waals surface area contributed by atoms with E-state index in [0.717, 1.165) is 57.0 Å². The topological polar surface area (TPSA) is 59.3 Å². The molecule has 0 unspecified atom stereocenters. The van der Waals surface area contributed by atoms with Crippen molar-refractivity contribution in [2.75, 3.05) is 37.7 Å². The van der Waals surface area contributed by atoms with E-state index in [-0.39, 0.29) is 18.0 Å². The summed E-state index contributed by atoms with van der Waals surface area (Å²) in [6.07, 6.45) is 2.24. The second-order valence-corrected chi connectivity index (χ2v) is 9.05. The molecule has 3 aromatic rings. The molecule has 7 nitrogen and oxygen atoms in total. The van der Waals surface area contributed by atoms with E-state index in [0.29, 0.717) is 6.54 Å². The summed E-state index contributed by atoms with van der Waals surface area (Å²) in [6.45, 7) is 9.34. The molecule has 174 valence electrons. The van der Waals surface area contributed by atoms with Gasteiger partial charge in [-0.05, 0) is 72.0 Å². The van der Waals surface area contributed by atoms with Gasteiger partial charge in [0.15, 0.2) is 5.82 Å². The molecule has 2 aliphatic rings. The molecule has 0 spiro atoms. The number of nitrogens with zero attached hydrogens (tertiary/aromatic N) is 6. The van der Waals surface area contributed by atoms with Crippen LogP contribution in [0.1, 0.15) is 41.4 Å². The van der Waals surface area contributed by atoms with E-state index in [4.69, 9.17) is 4.74 Å². The van der Waals surface area contributed by atoms with Gasteiger partial charge in [0.05, 0.1) is 18.7 Å². The molecule has 3 heterocycles. The van der Waals surface area contributed by atoms with Gasteiger partial charge in [0, 0.05) is 38.5 Å². The summed E-state index contributed by atoms with van der Waals surface area (Å²) in [5.41, 5.74) is 4.95. The van der Waals surface area contributed by atoms with E-state index in [2.05, 4.69) is 57.4 Å². The van der Waals surface area contributed by atoms with Crippen molar-refractivity contribution < 1.29 is 9.13 Å². The molecule has 8 heteroatoms. The van der Waals surface area contributed by atoms with Gasteiger partial charge in [0.25, 0.3) is 0 Å². The first-order valence-corrected chi connectivity index (χ1v) is 11.8. The molecule has 2 saturated heterocycles. The molecule has 0 saturated carbocycles. The van der Waals surface area contributed by atoms with Gasteiger partial charge in [-0.3, -0.25) is 4.90 Å². The zero-order valence-corrected chi connectivity index (χ0v) is 19.3. The Morgan fingerprint density at radius 1 is 1.06 bits per heavy atom. The van der Waals surface area contributed by atoms with Crippen molar-refractivity contribution >= 4 is 5.69 Å². The Bertz CT molecular complexity index is 1070. The number of aromatic nitrogens is 4. The van der Waals surface area contributed by atoms with Crippen LogP contribution in [0.3, 0.4) is 0 Å². The maximum Gasteiger partial charge on any atom is 0.173 e. The number of piperazine rings is 1. The average molecular weight is 451 g/mol. The Labute approximate surface area is 194 Å². The molecule has 2 atom stereocenters. The normalized spacial score (nSPS) is 20.3. The second kappa shape index (κ2) is 9.57. The van der Waals surface area contributed by atoms with Crippen LogP contribution in [0.2, 0.25) is 0 Å². The molecule has 0 radical (unpaired) electrons. The van der Waals surface area contributed by atoms with Crippen LogP contribution in [0.4, 0.5) is 10.1 Å². The van der Waals surface area contributed by atoms with E-state index >= 15 is 0 Å². The molecule has 2 aliphatic heterocycles. The molecule has 0 aliphatic carbocycles. The van der Waals surface area contributed by atoms with Crippen LogP contribution in [-0.2, 0) is 11.3 Å². The van der Waals surface area contributed by atoms with Gasteiger partial charge in [0.2, 0.25) is 0 Å². The highest BCUT2D eigenvalue weighted by Crippen LogP contribution is 2.31. The van der Waals surface area contributed by atoms with Gasteiger partial charge in [-0.15, -0.1) is 5.10 Å². The van der Waals surface area contributed by atoms with Crippen LogP contribution in [0.25, 0.3) is 0 Å². The molecular weight excluding hydrogens is 419 g/mol. The molecule has 1 aromatic heterocycles. The fraction of sp³-hybridized carbons (Fsp3) is 0.480. The molecule has 2 aromatic carbocycles. The van der Waals surface area contributed by atoms with E-state index in [1.807, 2.05) is 16.8 Å². The van der Waals surface area contributed by atoms with E-state index in [1.165, 1.54) is 28.9 Å². The van der Waals surface area contributed by atoms with Gasteiger partial charge in [-0.25, -0.2) is 9.07 Å². The van der Waals surface area contributed by atoms with Crippen LogP contribution < -0.4 is 4.90 Å². The van der Waals surface area contributed by atoms with Crippen molar-refractivity contribution in [2.45, 2.75) is 45.4 Å². The lowest BCUT2D eigenvalue weighted by molar-refractivity contribution is 0.0906. The number of tetrazole rings is 1. The second-order valence-electron chi connectivity index (χ2n) is 9.05. The zero-order chi connectivity index (χ0) is 22.8. The summed E-state index contributed by atoms with van der Waals surface area (Å²) >= 11 is 0. The quantitative estimate of drug-likeness (QED) is 0.573. The van der Waals surface area contributed by atoms with E-state index in [9.17, 15) is 4.39 Å². The van der Waals surface area contributed by atoms with Gasteiger partial charge in [0.1, 0.15) is 5.82 Å². The van der Waals surface area contributed by atoms with Crippen molar-refractivity contribution in [3.8, 4) is 0 Å². The summed E-state index contributed by atoms with van der Waals surface area (Å²) < 4.78 is 21.4. The summed E-state index contributed by atoms with van der Waals surface area (Å²) in [6, 6.07) is 13.1. The van der Waals surface area contributed by atoms with Gasteiger partial charge >= 0.3 is 0 Å². The van der Waals surface area contributed by atoms with Crippen molar-refractivity contribution in [1.29, 1.82) is 0 Å². The number of ether oxygens (including phenoxy) is 1. The minimum Gasteiger partial charge on any atom is -0.376 e. The Morgan fingerprint density at radius 2 is 1.85 bits per heavy atom. The fourth-order valence-corrected chi connectivity index (χ4v) is 4.99. The highest BCUT2D eigenvalue weighted by Gasteiger charge is 2.32. The third-order valence-electron chi connectivity index (χ3n) is 6.99. The van der Waals surface area contributed by atoms with Crippen LogP contribution in [-0.4, -0.2) is 64.0 Å². The molecule has 0 N–H and O–H groups in total. The maximum atomic E-state index is 13.7. The van der Waals surface area contributed by atoms with Crippen LogP contribution >= 0.6 is 0 Å². The van der Waals surface area contributed by atoms with Crippen molar-refractivity contribution in [3.05, 3.63) is 70.8 Å². The zero-order valence-electron chi connectivity index (χ0n) is 19.3. The van der Waals surface area contributed by atoms with Gasteiger partial charge in [-0.1, -0.05) is 24.3 Å². The van der Waals surface area contributed by atoms with Crippen molar-refractivity contribution in [1.82, 2.24) is 25.1 Å². The number of aryl methyl sites for hydroxylation is 1. The Kier molecular flexibility index (Phi) is 6.37. The van der Waals surface area contributed by atoms with E-state index < -0.39 is 0 Å². The lowest BCUT2D eigenvalue weighted by atomic mass is 10.0. The minimum atomic E-state index is -0.240. The van der Waals surface area contributed by atoms with Crippen LogP contribution in [0.5, 0.6) is 0 Å². The molecule has 2 fully saturated rings. The lowest BCUT2D eigenvalue weighted by Crippen LogP contribution is -2.48. The summed E-state index contributed by atoms with van der Waals surface area (Å²) in [5.74, 6) is 0.550. The van der Waals surface area contributed by atoms with Gasteiger partial charge in [-0.2, -0.15) is 0 Å². The molecule has 0 bridgehead atoms. The highest BCUT2D eigenvalue weighted by molar-refractivity contribution is 5.56. The number of hydrogen-bond donors (Lipinski definition) is 0. The fourth-order valence-electron chi connectivity index (χ4n) is 4.99. The maximum absolute atomic E-state index is 13.7. The molecular formula is C25H31FN6O. The number of hydrogen-bond acceptors (Lipinski definition) is 6. The van der Waals surface area contributed by atoms with Crippen molar-refractivity contribution in [2.24, 2.45) is 0 Å². The molecule has 33 heavy (non-hydrogen) atoms. The Hall–Kier alpha value is -2.84. The average Bonchev–Trinajstić information content (AvgIpc) is 3.51. The first-order valence-electron chi connectivity index (χ1n) is 11.8. The number of rotatable bonds is 6. The highest BCUT2D eigenvalue weighted by atomic mass is 19.1. The van der Waals surface area contributed by atoms with Crippen molar-refractivity contribution in [3.63, 3.8) is 0 Å². The first-order chi connectivity index (χ1) is 16.1. The minimum absolute atomic E-state index is 0.136. The Morgan fingerprint density at radius 3 is 2.58 bits per heavy atom. The lowest BCUT2D eigenvalue weighted by Gasteiger charge is -2.40. The predicted octanol–water partition coefficient (Wildman–Crippen LogP) is 3.52. The monoisotopic (exact) mass is 450 g/mol. The number of halogens is 1. The standard InChI is InChI=1S/C25H31FN6O/c1-18-5-3-7-23(19(18)2)30-12-14-31(15-13-30)24(20-8-10-21(26)11-9-20)25-27-28-29-32(25)17-22-6-4-16-33-22/h3,5,7-11,22,24H,4,6,12-17H2,1-2H3/t22-,24+/m0/s1. The largest absolute Gasteiger partial charge is 0.376 e. The summed E-state index contributed by atoms with van der Waals surface area (Å²) in [5, 5.41) is 12.7. The summed E-state index contributed by atoms with van der Waals surface area (Å²) in [4.78, 5) is 4.86. The smallest absolute Gasteiger partial charge is 0.173 e. The van der Waals surface area contributed by atoms with E-state index in [1.54, 1.807) is 0 Å². The predicted molar refractivity (Wildman–Crippen MR) is 125 cm³/mol. The van der Waals surface area contributed by atoms with Crippen LogP contribution in [0.15, 0.2) is 42.5 Å².